The van der Waals surface area contributed by atoms with E-state index < -0.39 is 5.60 Å². The van der Waals surface area contributed by atoms with Gasteiger partial charge in [-0.2, -0.15) is 0 Å². The first-order chi connectivity index (χ1) is 8.49. The van der Waals surface area contributed by atoms with Gasteiger partial charge >= 0.3 is 0 Å². The lowest BCUT2D eigenvalue weighted by molar-refractivity contribution is -0.114. The Morgan fingerprint density at radius 3 is 2.28 bits per heavy atom. The number of hydrogen-bond donors (Lipinski definition) is 2. The van der Waals surface area contributed by atoms with Gasteiger partial charge < -0.3 is 15.2 Å². The Bertz CT molecular complexity index is 383. The van der Waals surface area contributed by atoms with Crippen LogP contribution in [-0.4, -0.2) is 23.2 Å². The van der Waals surface area contributed by atoms with Gasteiger partial charge in [-0.15, -0.1) is 0 Å². The number of ether oxygens (including phenoxy) is 1. The van der Waals surface area contributed by atoms with E-state index in [9.17, 15) is 9.90 Å². The molecule has 2 N–H and O–H groups in total. The van der Waals surface area contributed by atoms with Gasteiger partial charge in [0.2, 0.25) is 5.91 Å². The molecule has 0 aliphatic heterocycles. The van der Waals surface area contributed by atoms with Crippen molar-refractivity contribution < 1.29 is 14.6 Å². The molecule has 1 aromatic rings. The SMILES string of the molecule is CCC(O)(CC)COc1ccc(NC(C)=O)cc1. The molecule has 0 saturated carbocycles. The van der Waals surface area contributed by atoms with Gasteiger partial charge in [0.1, 0.15) is 12.4 Å². The molecule has 0 fully saturated rings. The van der Waals surface area contributed by atoms with Crippen LogP contribution in [0.5, 0.6) is 5.75 Å². The second-order valence-corrected chi connectivity index (χ2v) is 4.43. The molecule has 0 radical (unpaired) electrons. The van der Waals surface area contributed by atoms with Crippen LogP contribution >= 0.6 is 0 Å². The fourth-order valence-electron chi connectivity index (χ4n) is 1.51. The van der Waals surface area contributed by atoms with Crippen LogP contribution in [-0.2, 0) is 4.79 Å². The number of carbonyl (C=O) groups excluding carboxylic acids is 1. The monoisotopic (exact) mass is 251 g/mol. The van der Waals surface area contributed by atoms with E-state index in [0.29, 0.717) is 18.6 Å². The molecule has 1 rings (SSSR count). The summed E-state index contributed by atoms with van der Waals surface area (Å²) in [6.45, 7) is 5.62. The maximum absolute atomic E-state index is 10.9. The predicted octanol–water partition coefficient (Wildman–Crippen LogP) is 2.57. The first-order valence-electron chi connectivity index (χ1n) is 6.22. The summed E-state index contributed by atoms with van der Waals surface area (Å²) in [5.41, 5.74) is -0.0351. The van der Waals surface area contributed by atoms with Crippen molar-refractivity contribution in [2.75, 3.05) is 11.9 Å². The summed E-state index contributed by atoms with van der Waals surface area (Å²) in [5, 5.41) is 12.8. The summed E-state index contributed by atoms with van der Waals surface area (Å²) in [6, 6.07) is 7.09. The van der Waals surface area contributed by atoms with Crippen LogP contribution in [0.4, 0.5) is 5.69 Å². The minimum absolute atomic E-state index is 0.102. The van der Waals surface area contributed by atoms with Crippen LogP contribution in [0.3, 0.4) is 0 Å². The predicted molar refractivity (Wildman–Crippen MR) is 71.8 cm³/mol. The first kappa shape index (κ1) is 14.5. The molecule has 0 aliphatic rings. The molecule has 4 nitrogen and oxygen atoms in total. The van der Waals surface area contributed by atoms with Crippen molar-refractivity contribution in [2.45, 2.75) is 39.2 Å². The Kier molecular flexibility index (Phi) is 5.16. The molecule has 100 valence electrons. The molecular formula is C14H21NO3. The average molecular weight is 251 g/mol. The lowest BCUT2D eigenvalue weighted by Crippen LogP contribution is -2.34. The molecular weight excluding hydrogens is 230 g/mol. The van der Waals surface area contributed by atoms with Gasteiger partial charge in [0.25, 0.3) is 0 Å². The van der Waals surface area contributed by atoms with Gasteiger partial charge in [-0.1, -0.05) is 13.8 Å². The molecule has 18 heavy (non-hydrogen) atoms. The largest absolute Gasteiger partial charge is 0.491 e. The van der Waals surface area contributed by atoms with Crippen LogP contribution in [0, 0.1) is 0 Å². The maximum atomic E-state index is 10.9. The number of amides is 1. The molecule has 0 atom stereocenters. The van der Waals surface area contributed by atoms with E-state index in [0.717, 1.165) is 5.69 Å². The van der Waals surface area contributed by atoms with Gasteiger partial charge in [-0.25, -0.2) is 0 Å². The highest BCUT2D eigenvalue weighted by Crippen LogP contribution is 2.20. The molecule has 0 heterocycles. The summed E-state index contributed by atoms with van der Waals surface area (Å²) in [6.07, 6.45) is 1.32. The number of carbonyl (C=O) groups is 1. The number of aliphatic hydroxyl groups is 1. The quantitative estimate of drug-likeness (QED) is 0.817. The Hall–Kier alpha value is -1.55. The van der Waals surface area contributed by atoms with Crippen LogP contribution in [0.25, 0.3) is 0 Å². The number of benzene rings is 1. The highest BCUT2D eigenvalue weighted by atomic mass is 16.5. The molecule has 0 aromatic heterocycles. The van der Waals surface area contributed by atoms with Crippen LogP contribution in [0.2, 0.25) is 0 Å². The standard InChI is InChI=1S/C14H21NO3/c1-4-14(17,5-2)10-18-13-8-6-12(7-9-13)15-11(3)16/h6-9,17H,4-5,10H2,1-3H3,(H,15,16). The molecule has 0 spiro atoms. The number of hydrogen-bond acceptors (Lipinski definition) is 3. The highest BCUT2D eigenvalue weighted by Gasteiger charge is 2.22. The van der Waals surface area contributed by atoms with Crippen molar-refractivity contribution in [3.8, 4) is 5.75 Å². The Labute approximate surface area is 108 Å². The third-order valence-corrected chi connectivity index (χ3v) is 3.00. The van der Waals surface area contributed by atoms with E-state index in [1.807, 2.05) is 13.8 Å². The van der Waals surface area contributed by atoms with Crippen molar-refractivity contribution in [3.63, 3.8) is 0 Å². The normalized spacial score (nSPS) is 11.1. The average Bonchev–Trinajstić information content (AvgIpc) is 2.37. The van der Waals surface area contributed by atoms with Gasteiger partial charge in [0.15, 0.2) is 0 Å². The van der Waals surface area contributed by atoms with Gasteiger partial charge in [0, 0.05) is 12.6 Å². The molecule has 1 amide bonds. The number of nitrogens with one attached hydrogen (secondary N) is 1. The highest BCUT2D eigenvalue weighted by molar-refractivity contribution is 5.88. The summed E-state index contributed by atoms with van der Waals surface area (Å²) in [4.78, 5) is 10.9. The lowest BCUT2D eigenvalue weighted by Gasteiger charge is -2.25. The Morgan fingerprint density at radius 2 is 1.83 bits per heavy atom. The minimum atomic E-state index is -0.768. The molecule has 1 aromatic carbocycles. The third kappa shape index (κ3) is 4.37. The van der Waals surface area contributed by atoms with Gasteiger partial charge in [0.05, 0.1) is 5.60 Å². The second-order valence-electron chi connectivity index (χ2n) is 4.43. The van der Waals surface area contributed by atoms with E-state index in [4.69, 9.17) is 4.74 Å². The molecule has 4 heteroatoms. The summed E-state index contributed by atoms with van der Waals surface area (Å²) < 4.78 is 5.55. The number of rotatable bonds is 6. The summed E-state index contributed by atoms with van der Waals surface area (Å²) >= 11 is 0. The van der Waals surface area contributed by atoms with Crippen molar-refractivity contribution >= 4 is 11.6 Å². The van der Waals surface area contributed by atoms with Crippen LogP contribution < -0.4 is 10.1 Å². The third-order valence-electron chi connectivity index (χ3n) is 3.00. The first-order valence-corrected chi connectivity index (χ1v) is 6.22. The number of anilines is 1. The molecule has 0 aliphatic carbocycles. The van der Waals surface area contributed by atoms with E-state index in [1.165, 1.54) is 6.92 Å². The lowest BCUT2D eigenvalue weighted by atomic mass is 9.99. The van der Waals surface area contributed by atoms with Crippen LogP contribution in [0.1, 0.15) is 33.6 Å². The Morgan fingerprint density at radius 1 is 1.28 bits per heavy atom. The molecule has 0 saturated heterocycles. The molecule has 0 unspecified atom stereocenters. The van der Waals surface area contributed by atoms with E-state index in [-0.39, 0.29) is 12.5 Å². The fourth-order valence-corrected chi connectivity index (χ4v) is 1.51. The minimum Gasteiger partial charge on any atom is -0.491 e. The van der Waals surface area contributed by atoms with Gasteiger partial charge in [-0.05, 0) is 37.1 Å². The second kappa shape index (κ2) is 6.40. The van der Waals surface area contributed by atoms with Crippen molar-refractivity contribution in [2.24, 2.45) is 0 Å². The Balaban J connectivity index is 2.56. The fraction of sp³-hybridized carbons (Fsp3) is 0.500. The van der Waals surface area contributed by atoms with E-state index >= 15 is 0 Å². The van der Waals surface area contributed by atoms with E-state index in [1.54, 1.807) is 24.3 Å². The maximum Gasteiger partial charge on any atom is 0.221 e. The topological polar surface area (TPSA) is 58.6 Å². The zero-order chi connectivity index (χ0) is 13.6. The van der Waals surface area contributed by atoms with Crippen molar-refractivity contribution in [1.82, 2.24) is 0 Å². The van der Waals surface area contributed by atoms with E-state index in [2.05, 4.69) is 5.32 Å². The molecule has 0 bridgehead atoms. The van der Waals surface area contributed by atoms with Crippen molar-refractivity contribution in [1.29, 1.82) is 0 Å². The zero-order valence-electron chi connectivity index (χ0n) is 11.2. The van der Waals surface area contributed by atoms with Crippen molar-refractivity contribution in [3.05, 3.63) is 24.3 Å². The van der Waals surface area contributed by atoms with Gasteiger partial charge in [-0.3, -0.25) is 4.79 Å². The smallest absolute Gasteiger partial charge is 0.221 e. The van der Waals surface area contributed by atoms with Crippen LogP contribution in [0.15, 0.2) is 24.3 Å². The zero-order valence-corrected chi connectivity index (χ0v) is 11.2. The summed E-state index contributed by atoms with van der Waals surface area (Å²) in [5.74, 6) is 0.583. The summed E-state index contributed by atoms with van der Waals surface area (Å²) in [7, 11) is 0.